The number of hydrogen-bond acceptors (Lipinski definition) is 2. The summed E-state index contributed by atoms with van der Waals surface area (Å²) in [5.74, 6) is 0.735. The van der Waals surface area contributed by atoms with E-state index in [2.05, 4.69) is 0 Å². The first-order valence-electron chi connectivity index (χ1n) is 5.70. The van der Waals surface area contributed by atoms with Gasteiger partial charge in [0.1, 0.15) is 5.75 Å². The largest absolute Gasteiger partial charge is 0.479 e. The number of alkyl halides is 1. The molecule has 0 saturated heterocycles. The maximum absolute atomic E-state index is 11.8. The predicted octanol–water partition coefficient (Wildman–Crippen LogP) is 2.60. The molecule has 0 saturated carbocycles. The van der Waals surface area contributed by atoms with Crippen LogP contribution in [0.4, 0.5) is 5.69 Å². The topological polar surface area (TPSA) is 29.5 Å². The Bertz CT molecular complexity index is 445. The van der Waals surface area contributed by atoms with Gasteiger partial charge in [-0.05, 0) is 38.0 Å². The number of carbonyl (C=O) groups is 1. The Morgan fingerprint density at radius 1 is 1.53 bits per heavy atom. The Morgan fingerprint density at radius 2 is 2.24 bits per heavy atom. The van der Waals surface area contributed by atoms with Gasteiger partial charge < -0.3 is 9.64 Å². The Balaban J connectivity index is 2.35. The lowest BCUT2D eigenvalue weighted by Gasteiger charge is -2.30. The highest BCUT2D eigenvalue weighted by atomic mass is 35.5. The molecule has 92 valence electrons. The molecule has 0 fully saturated rings. The van der Waals surface area contributed by atoms with Crippen LogP contribution in [-0.4, -0.2) is 24.4 Å². The summed E-state index contributed by atoms with van der Waals surface area (Å²) >= 11 is 5.97. The molecule has 1 aliphatic rings. The number of hydrogen-bond donors (Lipinski definition) is 0. The molecule has 0 spiro atoms. The van der Waals surface area contributed by atoms with Crippen LogP contribution in [0.5, 0.6) is 5.75 Å². The number of likely N-dealkylation sites (N-methyl/N-ethyl adjacent to an activating group) is 1. The molecule has 1 aliphatic heterocycles. The van der Waals surface area contributed by atoms with E-state index in [-0.39, 0.29) is 11.3 Å². The fourth-order valence-corrected chi connectivity index (χ4v) is 2.19. The molecule has 17 heavy (non-hydrogen) atoms. The summed E-state index contributed by atoms with van der Waals surface area (Å²) in [5.41, 5.74) is 1.94. The van der Waals surface area contributed by atoms with Crippen molar-refractivity contribution in [2.75, 3.05) is 11.9 Å². The quantitative estimate of drug-likeness (QED) is 0.759. The Kier molecular flexibility index (Phi) is 3.29. The van der Waals surface area contributed by atoms with Crippen molar-refractivity contribution in [3.63, 3.8) is 0 Å². The van der Waals surface area contributed by atoms with Crippen molar-refractivity contribution in [3.8, 4) is 5.75 Å². The average Bonchev–Trinajstić information content (AvgIpc) is 2.26. The first-order valence-corrected chi connectivity index (χ1v) is 6.14. The predicted molar refractivity (Wildman–Crippen MR) is 69.0 cm³/mol. The number of halogens is 1. The lowest BCUT2D eigenvalue weighted by Crippen LogP contribution is -2.42. The zero-order valence-electron chi connectivity index (χ0n) is 10.2. The summed E-state index contributed by atoms with van der Waals surface area (Å²) in [6.07, 6.45) is 0.372. The summed E-state index contributed by atoms with van der Waals surface area (Å²) in [6, 6.07) is 5.87. The monoisotopic (exact) mass is 253 g/mol. The molecular weight excluding hydrogens is 238 g/mol. The zero-order chi connectivity index (χ0) is 12.6. The number of ether oxygens (including phenoxy) is 1. The zero-order valence-corrected chi connectivity index (χ0v) is 11.0. The number of benzene rings is 1. The molecule has 0 N–H and O–H groups in total. The SMILES string of the molecule is CC(Cl)Cc1ccc2c(c1)N(C)C(=O)C(C)O2. The summed E-state index contributed by atoms with van der Waals surface area (Å²) < 4.78 is 5.55. The van der Waals surface area contributed by atoms with Crippen LogP contribution in [0.15, 0.2) is 18.2 Å². The number of anilines is 1. The molecule has 4 heteroatoms. The highest BCUT2D eigenvalue weighted by Gasteiger charge is 2.28. The molecule has 1 aromatic carbocycles. The maximum atomic E-state index is 11.8. The van der Waals surface area contributed by atoms with Crippen LogP contribution in [0.3, 0.4) is 0 Å². The van der Waals surface area contributed by atoms with E-state index in [9.17, 15) is 4.79 Å². The van der Waals surface area contributed by atoms with Crippen LogP contribution in [0, 0.1) is 0 Å². The Labute approximate surface area is 106 Å². The van der Waals surface area contributed by atoms with Crippen molar-refractivity contribution < 1.29 is 9.53 Å². The molecule has 1 amide bonds. The summed E-state index contributed by atoms with van der Waals surface area (Å²) in [7, 11) is 1.77. The van der Waals surface area contributed by atoms with Crippen molar-refractivity contribution in [1.29, 1.82) is 0 Å². The molecular formula is C13H16ClNO2. The second kappa shape index (κ2) is 4.57. The second-order valence-electron chi connectivity index (χ2n) is 4.44. The van der Waals surface area contributed by atoms with Crippen LogP contribution in [0.2, 0.25) is 0 Å². The van der Waals surface area contributed by atoms with Gasteiger partial charge in [-0.1, -0.05) is 6.07 Å². The molecule has 0 aromatic heterocycles. The number of fused-ring (bicyclic) bond motifs is 1. The van der Waals surface area contributed by atoms with Gasteiger partial charge in [0.25, 0.3) is 5.91 Å². The standard InChI is InChI=1S/C13H16ClNO2/c1-8(14)6-10-4-5-12-11(7-10)15(3)13(16)9(2)17-12/h4-5,7-9H,6H2,1-3H3. The van der Waals surface area contributed by atoms with Gasteiger partial charge in [-0.3, -0.25) is 4.79 Å². The van der Waals surface area contributed by atoms with E-state index in [1.54, 1.807) is 18.9 Å². The lowest BCUT2D eigenvalue weighted by molar-refractivity contribution is -0.125. The Hall–Kier alpha value is -1.22. The van der Waals surface area contributed by atoms with Crippen LogP contribution in [0.1, 0.15) is 19.4 Å². The van der Waals surface area contributed by atoms with Crippen LogP contribution in [0.25, 0.3) is 0 Å². The van der Waals surface area contributed by atoms with E-state index >= 15 is 0 Å². The van der Waals surface area contributed by atoms with Gasteiger partial charge >= 0.3 is 0 Å². The normalized spacial score (nSPS) is 20.8. The van der Waals surface area contributed by atoms with Gasteiger partial charge in [0.05, 0.1) is 5.69 Å². The number of nitrogens with zero attached hydrogens (tertiary/aromatic N) is 1. The van der Waals surface area contributed by atoms with Gasteiger partial charge in [-0.25, -0.2) is 0 Å². The first-order chi connectivity index (χ1) is 7.99. The van der Waals surface area contributed by atoms with Gasteiger partial charge in [-0.2, -0.15) is 0 Å². The second-order valence-corrected chi connectivity index (χ2v) is 5.19. The lowest BCUT2D eigenvalue weighted by atomic mass is 10.1. The molecule has 2 atom stereocenters. The molecule has 2 rings (SSSR count). The molecule has 0 radical (unpaired) electrons. The molecule has 0 bridgehead atoms. The third kappa shape index (κ3) is 2.39. The molecule has 1 aromatic rings. The minimum Gasteiger partial charge on any atom is -0.479 e. The molecule has 3 nitrogen and oxygen atoms in total. The Morgan fingerprint density at radius 3 is 2.88 bits per heavy atom. The van der Waals surface area contributed by atoms with Crippen LogP contribution < -0.4 is 9.64 Å². The summed E-state index contributed by atoms with van der Waals surface area (Å²) in [6.45, 7) is 3.71. The van der Waals surface area contributed by atoms with Crippen molar-refractivity contribution in [2.45, 2.75) is 31.7 Å². The van der Waals surface area contributed by atoms with Gasteiger partial charge in [0.15, 0.2) is 6.10 Å². The molecule has 0 aliphatic carbocycles. The highest BCUT2D eigenvalue weighted by molar-refractivity contribution is 6.20. The maximum Gasteiger partial charge on any atom is 0.267 e. The van der Waals surface area contributed by atoms with Gasteiger partial charge in [0, 0.05) is 12.4 Å². The number of carbonyl (C=O) groups excluding carboxylic acids is 1. The van der Waals surface area contributed by atoms with E-state index in [0.29, 0.717) is 0 Å². The summed E-state index contributed by atoms with van der Waals surface area (Å²) in [5, 5.41) is 0.0810. The highest BCUT2D eigenvalue weighted by Crippen LogP contribution is 2.34. The molecule has 1 heterocycles. The minimum absolute atomic E-state index is 0.0198. The number of rotatable bonds is 2. The smallest absolute Gasteiger partial charge is 0.267 e. The van der Waals surface area contributed by atoms with E-state index in [1.165, 1.54) is 0 Å². The van der Waals surface area contributed by atoms with Crippen molar-refractivity contribution in [3.05, 3.63) is 23.8 Å². The van der Waals surface area contributed by atoms with E-state index in [4.69, 9.17) is 16.3 Å². The van der Waals surface area contributed by atoms with Crippen molar-refractivity contribution in [2.24, 2.45) is 0 Å². The van der Waals surface area contributed by atoms with Crippen molar-refractivity contribution >= 4 is 23.2 Å². The van der Waals surface area contributed by atoms with Crippen molar-refractivity contribution in [1.82, 2.24) is 0 Å². The van der Waals surface area contributed by atoms with E-state index < -0.39 is 6.10 Å². The fourth-order valence-electron chi connectivity index (χ4n) is 2.01. The summed E-state index contributed by atoms with van der Waals surface area (Å²) in [4.78, 5) is 13.4. The van der Waals surface area contributed by atoms with Gasteiger partial charge in [-0.15, -0.1) is 11.6 Å². The fraction of sp³-hybridized carbons (Fsp3) is 0.462. The van der Waals surface area contributed by atoms with Crippen LogP contribution >= 0.6 is 11.6 Å². The minimum atomic E-state index is -0.412. The van der Waals surface area contributed by atoms with Gasteiger partial charge in [0.2, 0.25) is 0 Å². The average molecular weight is 254 g/mol. The van der Waals surface area contributed by atoms with Crippen LogP contribution in [-0.2, 0) is 11.2 Å². The first kappa shape index (κ1) is 12.2. The third-order valence-corrected chi connectivity index (χ3v) is 3.04. The van der Waals surface area contributed by atoms with E-state index in [0.717, 1.165) is 23.4 Å². The molecule has 2 unspecified atom stereocenters. The third-order valence-electron chi connectivity index (χ3n) is 2.88. The number of amides is 1. The van der Waals surface area contributed by atoms with E-state index in [1.807, 2.05) is 25.1 Å².